The number of hydrogen-bond acceptors (Lipinski definition) is 3. The van der Waals surface area contributed by atoms with Crippen LogP contribution in [-0.2, 0) is 10.0 Å². The summed E-state index contributed by atoms with van der Waals surface area (Å²) in [6.45, 7) is 1.80. The molecule has 19 heavy (non-hydrogen) atoms. The van der Waals surface area contributed by atoms with Gasteiger partial charge in [-0.3, -0.25) is 9.71 Å². The first-order valence-electron chi connectivity index (χ1n) is 5.92. The van der Waals surface area contributed by atoms with Crippen molar-refractivity contribution in [2.24, 2.45) is 5.92 Å². The van der Waals surface area contributed by atoms with Crippen LogP contribution in [0, 0.1) is 5.92 Å². The van der Waals surface area contributed by atoms with Gasteiger partial charge in [0, 0.05) is 17.5 Å². The zero-order valence-corrected chi connectivity index (χ0v) is 12.1. The molecule has 0 saturated heterocycles. The van der Waals surface area contributed by atoms with Gasteiger partial charge in [0.15, 0.2) is 0 Å². The summed E-state index contributed by atoms with van der Waals surface area (Å²) in [6.07, 6.45) is 1.68. The highest BCUT2D eigenvalue weighted by Gasteiger charge is 2.16. The molecule has 102 valence electrons. The molecule has 4 nitrogen and oxygen atoms in total. The zero-order chi connectivity index (χ0) is 13.9. The topological polar surface area (TPSA) is 59.1 Å². The molecule has 1 aromatic carbocycles. The molecule has 1 atom stereocenters. The molecular weight excluding hydrogens is 284 g/mol. The van der Waals surface area contributed by atoms with E-state index in [1.165, 1.54) is 0 Å². The van der Waals surface area contributed by atoms with Gasteiger partial charge in [-0.25, -0.2) is 8.42 Å². The normalized spacial score (nSPS) is 13.4. The molecule has 1 aromatic heterocycles. The Labute approximate surface area is 117 Å². The molecule has 1 heterocycles. The maximum atomic E-state index is 12.0. The lowest BCUT2D eigenvalue weighted by atomic mass is 10.2. The second-order valence-electron chi connectivity index (χ2n) is 4.52. The van der Waals surface area contributed by atoms with Crippen LogP contribution in [0.1, 0.15) is 6.92 Å². The van der Waals surface area contributed by atoms with Crippen LogP contribution in [0.15, 0.2) is 36.5 Å². The van der Waals surface area contributed by atoms with Gasteiger partial charge in [0.1, 0.15) is 0 Å². The van der Waals surface area contributed by atoms with Gasteiger partial charge in [-0.15, -0.1) is 11.6 Å². The molecule has 0 saturated carbocycles. The number of sulfonamides is 1. The van der Waals surface area contributed by atoms with E-state index in [2.05, 4.69) is 9.71 Å². The second-order valence-corrected chi connectivity index (χ2v) is 6.59. The molecule has 0 radical (unpaired) electrons. The summed E-state index contributed by atoms with van der Waals surface area (Å²) in [7, 11) is -3.40. The average Bonchev–Trinajstić information content (AvgIpc) is 2.38. The first-order valence-corrected chi connectivity index (χ1v) is 8.11. The molecule has 0 aliphatic heterocycles. The maximum absolute atomic E-state index is 12.0. The van der Waals surface area contributed by atoms with Gasteiger partial charge in [0.25, 0.3) is 0 Å². The summed E-state index contributed by atoms with van der Waals surface area (Å²) in [4.78, 5) is 4.19. The first-order chi connectivity index (χ1) is 9.02. The van der Waals surface area contributed by atoms with Crippen molar-refractivity contribution in [2.75, 3.05) is 16.4 Å². The molecule has 0 fully saturated rings. The van der Waals surface area contributed by atoms with Crippen molar-refractivity contribution in [3.05, 3.63) is 36.5 Å². The van der Waals surface area contributed by atoms with Gasteiger partial charge >= 0.3 is 0 Å². The van der Waals surface area contributed by atoms with Crippen molar-refractivity contribution in [2.45, 2.75) is 6.92 Å². The standard InChI is InChI=1S/C13H15ClN2O2S/c1-10(8-14)9-19(17,18)16-13-6-2-5-12-11(13)4-3-7-15-12/h2-7,10,16H,8-9H2,1H3. The number of halogens is 1. The van der Waals surface area contributed by atoms with E-state index < -0.39 is 10.0 Å². The van der Waals surface area contributed by atoms with Crippen molar-refractivity contribution in [3.8, 4) is 0 Å². The van der Waals surface area contributed by atoms with Crippen molar-refractivity contribution in [1.82, 2.24) is 4.98 Å². The smallest absolute Gasteiger partial charge is 0.233 e. The van der Waals surface area contributed by atoms with Crippen LogP contribution in [0.3, 0.4) is 0 Å². The van der Waals surface area contributed by atoms with Crippen LogP contribution >= 0.6 is 11.6 Å². The summed E-state index contributed by atoms with van der Waals surface area (Å²) in [6, 6.07) is 8.96. The third kappa shape index (κ3) is 3.58. The van der Waals surface area contributed by atoms with Crippen LogP contribution in [0.4, 0.5) is 5.69 Å². The Balaban J connectivity index is 2.31. The number of alkyl halides is 1. The van der Waals surface area contributed by atoms with Gasteiger partial charge in [-0.1, -0.05) is 13.0 Å². The van der Waals surface area contributed by atoms with E-state index in [1.807, 2.05) is 12.1 Å². The summed E-state index contributed by atoms with van der Waals surface area (Å²) in [5.41, 5.74) is 1.31. The highest BCUT2D eigenvalue weighted by molar-refractivity contribution is 7.92. The number of rotatable bonds is 5. The molecule has 0 aliphatic rings. The number of nitrogens with zero attached hydrogens (tertiary/aromatic N) is 1. The van der Waals surface area contributed by atoms with Gasteiger partial charge < -0.3 is 0 Å². The van der Waals surface area contributed by atoms with Crippen molar-refractivity contribution < 1.29 is 8.42 Å². The van der Waals surface area contributed by atoms with E-state index in [0.29, 0.717) is 11.6 Å². The lowest BCUT2D eigenvalue weighted by Gasteiger charge is -2.12. The number of anilines is 1. The van der Waals surface area contributed by atoms with E-state index in [1.54, 1.807) is 31.3 Å². The molecule has 2 aromatic rings. The summed E-state index contributed by atoms with van der Waals surface area (Å²) >= 11 is 5.65. The average molecular weight is 299 g/mol. The van der Waals surface area contributed by atoms with E-state index >= 15 is 0 Å². The number of nitrogens with one attached hydrogen (secondary N) is 1. The third-order valence-corrected chi connectivity index (χ3v) is 4.74. The Hall–Kier alpha value is -1.33. The SMILES string of the molecule is CC(CCl)CS(=O)(=O)Nc1cccc2ncccc12. The van der Waals surface area contributed by atoms with E-state index in [0.717, 1.165) is 10.9 Å². The van der Waals surface area contributed by atoms with Crippen molar-refractivity contribution >= 4 is 38.2 Å². The second kappa shape index (κ2) is 5.75. The lowest BCUT2D eigenvalue weighted by molar-refractivity contribution is 0.588. The maximum Gasteiger partial charge on any atom is 0.233 e. The summed E-state index contributed by atoms with van der Waals surface area (Å²) < 4.78 is 26.6. The van der Waals surface area contributed by atoms with E-state index in [9.17, 15) is 8.42 Å². The van der Waals surface area contributed by atoms with Crippen LogP contribution in [0.2, 0.25) is 0 Å². The van der Waals surface area contributed by atoms with Crippen LogP contribution in [-0.4, -0.2) is 25.0 Å². The molecular formula is C13H15ClN2O2S. The predicted molar refractivity (Wildman–Crippen MR) is 79.0 cm³/mol. The van der Waals surface area contributed by atoms with Crippen LogP contribution < -0.4 is 4.72 Å². The monoisotopic (exact) mass is 298 g/mol. The van der Waals surface area contributed by atoms with Crippen molar-refractivity contribution in [3.63, 3.8) is 0 Å². The lowest BCUT2D eigenvalue weighted by Crippen LogP contribution is -2.22. The summed E-state index contributed by atoms with van der Waals surface area (Å²) in [5.74, 6) is 0.234. The molecule has 6 heteroatoms. The fourth-order valence-electron chi connectivity index (χ4n) is 1.82. The number of aromatic nitrogens is 1. The van der Waals surface area contributed by atoms with E-state index in [-0.39, 0.29) is 11.7 Å². The van der Waals surface area contributed by atoms with Gasteiger partial charge in [-0.2, -0.15) is 0 Å². The van der Waals surface area contributed by atoms with E-state index in [4.69, 9.17) is 11.6 Å². The summed E-state index contributed by atoms with van der Waals surface area (Å²) in [5, 5.41) is 0.784. The Morgan fingerprint density at radius 1 is 1.32 bits per heavy atom. The zero-order valence-electron chi connectivity index (χ0n) is 10.5. The third-order valence-electron chi connectivity index (χ3n) is 2.68. The van der Waals surface area contributed by atoms with Gasteiger partial charge in [-0.05, 0) is 30.2 Å². The molecule has 0 amide bonds. The minimum absolute atomic E-state index is 0.00709. The predicted octanol–water partition coefficient (Wildman–Crippen LogP) is 2.85. The van der Waals surface area contributed by atoms with Crippen LogP contribution in [0.25, 0.3) is 10.9 Å². The van der Waals surface area contributed by atoms with Gasteiger partial charge in [0.05, 0.1) is 17.0 Å². The first kappa shape index (κ1) is 14.1. The molecule has 1 N–H and O–H groups in total. The van der Waals surface area contributed by atoms with Gasteiger partial charge in [0.2, 0.25) is 10.0 Å². The quantitative estimate of drug-likeness (QED) is 0.864. The fourth-order valence-corrected chi connectivity index (χ4v) is 3.52. The Morgan fingerprint density at radius 3 is 2.84 bits per heavy atom. The molecule has 0 spiro atoms. The minimum Gasteiger partial charge on any atom is -0.283 e. The number of hydrogen-bond donors (Lipinski definition) is 1. The largest absolute Gasteiger partial charge is 0.283 e. The van der Waals surface area contributed by atoms with Crippen LogP contribution in [0.5, 0.6) is 0 Å². The highest BCUT2D eigenvalue weighted by Crippen LogP contribution is 2.22. The molecule has 0 bridgehead atoms. The molecule has 2 rings (SSSR count). The minimum atomic E-state index is -3.40. The molecule has 0 aliphatic carbocycles. The Morgan fingerprint density at radius 2 is 2.11 bits per heavy atom. The highest BCUT2D eigenvalue weighted by atomic mass is 35.5. The number of pyridine rings is 1. The fraction of sp³-hybridized carbons (Fsp3) is 0.308. The molecule has 1 unspecified atom stereocenters. The van der Waals surface area contributed by atoms with Crippen molar-refractivity contribution in [1.29, 1.82) is 0 Å². The Kier molecular flexibility index (Phi) is 4.27. The number of benzene rings is 1. The number of fused-ring (bicyclic) bond motifs is 1. The Bertz CT molecular complexity index is 668.